The fourth-order valence-corrected chi connectivity index (χ4v) is 8.90. The van der Waals surface area contributed by atoms with E-state index in [0.717, 1.165) is 74.1 Å². The Morgan fingerprint density at radius 2 is 1.29 bits per heavy atom. The molecule has 1 atom stereocenters. The SMILES string of the molecule is C1=Cc2cc(-c3cc4oc5ccccc5c4c4c3NC(n3c5ccccc5c5cc(-n6c7ccccc7c7ccccc76)ccc53)O4)ccc2CC1. The first-order valence-electron chi connectivity index (χ1n) is 18.0. The van der Waals surface area contributed by atoms with Gasteiger partial charge in [-0.05, 0) is 84.1 Å². The predicted octanol–water partition coefficient (Wildman–Crippen LogP) is 12.4. The summed E-state index contributed by atoms with van der Waals surface area (Å²) in [5.74, 6) is 0.823. The Morgan fingerprint density at radius 1 is 0.596 bits per heavy atom. The Hall–Kier alpha value is -6.72. The monoisotopic (exact) mass is 669 g/mol. The van der Waals surface area contributed by atoms with Gasteiger partial charge in [0.15, 0.2) is 5.75 Å². The molecule has 1 unspecified atom stereocenters. The van der Waals surface area contributed by atoms with E-state index in [1.54, 1.807) is 0 Å². The summed E-state index contributed by atoms with van der Waals surface area (Å²) in [6.07, 6.45) is 6.20. The van der Waals surface area contributed by atoms with Crippen molar-refractivity contribution >= 4 is 77.3 Å². The van der Waals surface area contributed by atoms with Gasteiger partial charge in [-0.2, -0.15) is 0 Å². The van der Waals surface area contributed by atoms with E-state index in [1.807, 2.05) is 12.1 Å². The van der Waals surface area contributed by atoms with E-state index >= 15 is 0 Å². The molecular weight excluding hydrogens is 639 g/mol. The van der Waals surface area contributed by atoms with Crippen LogP contribution in [0.3, 0.4) is 0 Å². The molecule has 1 N–H and O–H groups in total. The summed E-state index contributed by atoms with van der Waals surface area (Å²) in [5.41, 5.74) is 13.3. The van der Waals surface area contributed by atoms with E-state index in [4.69, 9.17) is 9.15 Å². The number of rotatable bonds is 3. The molecule has 0 radical (unpaired) electrons. The molecule has 4 heterocycles. The number of nitrogens with zero attached hydrogens (tertiary/aromatic N) is 2. The van der Waals surface area contributed by atoms with E-state index in [0.29, 0.717) is 0 Å². The van der Waals surface area contributed by atoms with Crippen molar-refractivity contribution in [3.63, 3.8) is 0 Å². The lowest BCUT2D eigenvalue weighted by Crippen LogP contribution is -2.18. The first kappa shape index (κ1) is 28.0. The zero-order valence-corrected chi connectivity index (χ0v) is 28.1. The van der Waals surface area contributed by atoms with Gasteiger partial charge in [-0.3, -0.25) is 4.57 Å². The van der Waals surface area contributed by atoms with Gasteiger partial charge in [0.1, 0.15) is 11.2 Å². The van der Waals surface area contributed by atoms with Crippen LogP contribution in [0.1, 0.15) is 23.9 Å². The van der Waals surface area contributed by atoms with Crippen molar-refractivity contribution in [2.75, 3.05) is 5.32 Å². The summed E-state index contributed by atoms with van der Waals surface area (Å²) in [6.45, 7) is 0. The summed E-state index contributed by atoms with van der Waals surface area (Å²) in [6, 6.07) is 50.1. The minimum absolute atomic E-state index is 0.480. The number of hydrogen-bond acceptors (Lipinski definition) is 3. The molecule has 1 aliphatic heterocycles. The van der Waals surface area contributed by atoms with Crippen molar-refractivity contribution in [2.45, 2.75) is 19.2 Å². The van der Waals surface area contributed by atoms with Crippen LogP contribution in [0.4, 0.5) is 5.69 Å². The average Bonchev–Trinajstić information content (AvgIpc) is 3.96. The maximum Gasteiger partial charge on any atom is 0.255 e. The number of aryl methyl sites for hydroxylation is 1. The first-order chi connectivity index (χ1) is 25.8. The van der Waals surface area contributed by atoms with Crippen molar-refractivity contribution in [1.82, 2.24) is 9.13 Å². The lowest BCUT2D eigenvalue weighted by atomic mass is 9.92. The topological polar surface area (TPSA) is 44.3 Å². The molecule has 0 saturated heterocycles. The molecule has 0 saturated carbocycles. The second-order valence-corrected chi connectivity index (χ2v) is 14.0. The van der Waals surface area contributed by atoms with Crippen LogP contribution in [0.25, 0.3) is 88.4 Å². The molecule has 0 spiro atoms. The Morgan fingerprint density at radius 3 is 2.10 bits per heavy atom. The first-order valence-corrected chi connectivity index (χ1v) is 18.0. The minimum atomic E-state index is -0.480. The molecule has 12 rings (SSSR count). The van der Waals surface area contributed by atoms with Crippen LogP contribution in [0.5, 0.6) is 5.75 Å². The summed E-state index contributed by atoms with van der Waals surface area (Å²) < 4.78 is 18.3. The largest absolute Gasteiger partial charge is 0.456 e. The Kier molecular flexibility index (Phi) is 5.61. The van der Waals surface area contributed by atoms with Gasteiger partial charge in [0.2, 0.25) is 0 Å². The molecule has 5 nitrogen and oxygen atoms in total. The Bertz CT molecular complexity index is 3100. The maximum absolute atomic E-state index is 7.11. The zero-order chi connectivity index (χ0) is 33.9. The lowest BCUT2D eigenvalue weighted by Gasteiger charge is -2.17. The van der Waals surface area contributed by atoms with E-state index in [2.05, 4.69) is 154 Å². The van der Waals surface area contributed by atoms with Crippen LogP contribution in [-0.4, -0.2) is 9.13 Å². The number of ether oxygens (including phenoxy) is 1. The number of fused-ring (bicyclic) bond motifs is 12. The summed E-state index contributed by atoms with van der Waals surface area (Å²) in [7, 11) is 0. The Balaban J connectivity index is 1.07. The number of aromatic nitrogens is 2. The highest BCUT2D eigenvalue weighted by Crippen LogP contribution is 2.52. The van der Waals surface area contributed by atoms with Gasteiger partial charge >= 0.3 is 0 Å². The molecule has 5 heteroatoms. The standard InChI is InChI=1S/C47H31N3O2/c1-2-12-29-25-30(22-21-28(29)11-1)36-27-43-44(35-16-6-10-20-42(35)51-43)46-45(36)48-47(52-46)50-40-19-9-5-15-34(40)37-26-31(23-24-41(37)50)49-38-17-7-3-13-32(38)33-14-4-8-18-39(33)49/h2-10,12-27,47-48H,1,11H2. The number of nitrogens with one attached hydrogen (secondary N) is 1. The zero-order valence-electron chi connectivity index (χ0n) is 28.1. The van der Waals surface area contributed by atoms with Crippen LogP contribution in [0.2, 0.25) is 0 Å². The third-order valence-electron chi connectivity index (χ3n) is 11.2. The highest BCUT2D eigenvalue weighted by molar-refractivity contribution is 6.14. The quantitative estimate of drug-likeness (QED) is 0.204. The highest BCUT2D eigenvalue weighted by atomic mass is 16.5. The molecule has 7 aromatic carbocycles. The van der Waals surface area contributed by atoms with E-state index in [-0.39, 0.29) is 0 Å². The molecule has 0 bridgehead atoms. The van der Waals surface area contributed by atoms with E-state index < -0.39 is 6.35 Å². The third kappa shape index (κ3) is 3.82. The van der Waals surface area contributed by atoms with E-state index in [9.17, 15) is 0 Å². The lowest BCUT2D eigenvalue weighted by molar-refractivity contribution is 0.195. The van der Waals surface area contributed by atoms with Gasteiger partial charge in [-0.25, -0.2) is 0 Å². The van der Waals surface area contributed by atoms with Crippen LogP contribution >= 0.6 is 0 Å². The summed E-state index contributed by atoms with van der Waals surface area (Å²) in [4.78, 5) is 0. The molecule has 0 amide bonds. The molecule has 2 aliphatic rings. The molecule has 246 valence electrons. The normalized spacial score (nSPS) is 15.2. The molecule has 52 heavy (non-hydrogen) atoms. The average molecular weight is 670 g/mol. The molecule has 3 aromatic heterocycles. The third-order valence-corrected chi connectivity index (χ3v) is 11.2. The second kappa shape index (κ2) is 10.4. The molecule has 0 fully saturated rings. The number of allylic oxidation sites excluding steroid dienone is 1. The smallest absolute Gasteiger partial charge is 0.255 e. The highest BCUT2D eigenvalue weighted by Gasteiger charge is 2.33. The number of benzene rings is 7. The van der Waals surface area contributed by atoms with Gasteiger partial charge in [0, 0.05) is 38.2 Å². The molecule has 1 aliphatic carbocycles. The number of furan rings is 1. The predicted molar refractivity (Wildman–Crippen MR) is 214 cm³/mol. The van der Waals surface area contributed by atoms with Crippen molar-refractivity contribution in [3.8, 4) is 22.6 Å². The second-order valence-electron chi connectivity index (χ2n) is 14.0. The van der Waals surface area contributed by atoms with E-state index in [1.165, 1.54) is 43.7 Å². The molecule has 10 aromatic rings. The van der Waals surface area contributed by atoms with Crippen LogP contribution in [-0.2, 0) is 6.42 Å². The summed E-state index contributed by atoms with van der Waals surface area (Å²) in [5, 5.41) is 10.8. The number of hydrogen-bond donors (Lipinski definition) is 1. The van der Waals surface area contributed by atoms with Gasteiger partial charge in [0.25, 0.3) is 6.35 Å². The van der Waals surface area contributed by atoms with Crippen LogP contribution in [0, 0.1) is 0 Å². The summed E-state index contributed by atoms with van der Waals surface area (Å²) >= 11 is 0. The Labute approximate surface area is 298 Å². The van der Waals surface area contributed by atoms with Gasteiger partial charge in [-0.15, -0.1) is 0 Å². The minimum Gasteiger partial charge on any atom is -0.456 e. The number of para-hydroxylation sites is 4. The number of anilines is 1. The fourth-order valence-electron chi connectivity index (χ4n) is 8.90. The van der Waals surface area contributed by atoms with Crippen molar-refractivity contribution < 1.29 is 9.15 Å². The fraction of sp³-hybridized carbons (Fsp3) is 0.0638. The molecular formula is C47H31N3O2. The van der Waals surface area contributed by atoms with Gasteiger partial charge in [-0.1, -0.05) is 97.1 Å². The van der Waals surface area contributed by atoms with Crippen molar-refractivity contribution in [1.29, 1.82) is 0 Å². The van der Waals surface area contributed by atoms with Crippen LogP contribution < -0.4 is 10.1 Å². The van der Waals surface area contributed by atoms with Crippen molar-refractivity contribution in [2.24, 2.45) is 0 Å². The maximum atomic E-state index is 7.11. The van der Waals surface area contributed by atoms with Crippen molar-refractivity contribution in [3.05, 3.63) is 157 Å². The van der Waals surface area contributed by atoms with Gasteiger partial charge < -0.3 is 19.0 Å². The van der Waals surface area contributed by atoms with Crippen LogP contribution in [0.15, 0.2) is 150 Å². The van der Waals surface area contributed by atoms with Gasteiger partial charge in [0.05, 0.1) is 33.1 Å².